The van der Waals surface area contributed by atoms with Gasteiger partial charge < -0.3 is 20.3 Å². The summed E-state index contributed by atoms with van der Waals surface area (Å²) in [7, 11) is 0. The van der Waals surface area contributed by atoms with Crippen LogP contribution < -0.4 is 15.5 Å². The molecule has 0 spiro atoms. The van der Waals surface area contributed by atoms with Crippen LogP contribution in [0.4, 0.5) is 11.4 Å². The Kier molecular flexibility index (Phi) is 6.07. The van der Waals surface area contributed by atoms with Crippen molar-refractivity contribution in [2.45, 2.75) is 6.92 Å². The molecule has 0 bridgehead atoms. The maximum Gasteiger partial charge on any atom is 0.282 e. The number of nitrogens with one attached hydrogen (secondary N) is 2. The minimum absolute atomic E-state index is 0.0618. The lowest BCUT2D eigenvalue weighted by atomic mass is 10.1. The molecular weight excluding hydrogens is 316 g/mol. The number of likely N-dealkylation sites (N-methyl/N-ethyl adjacent to an activating group) is 1. The summed E-state index contributed by atoms with van der Waals surface area (Å²) in [4.78, 5) is 36.3. The average Bonchev–Trinajstić information content (AvgIpc) is 2.60. The van der Waals surface area contributed by atoms with Gasteiger partial charge in [-0.15, -0.1) is 0 Å². The van der Waals surface area contributed by atoms with Gasteiger partial charge in [0.05, 0.1) is 24.7 Å². The highest BCUT2D eigenvalue weighted by molar-refractivity contribution is 6.00. The fourth-order valence-electron chi connectivity index (χ4n) is 2.40. The molecule has 0 aliphatic carbocycles. The third kappa shape index (κ3) is 4.42. The van der Waals surface area contributed by atoms with Gasteiger partial charge in [-0.2, -0.15) is 0 Å². The molecule has 1 aromatic rings. The van der Waals surface area contributed by atoms with E-state index in [0.717, 1.165) is 0 Å². The summed E-state index contributed by atoms with van der Waals surface area (Å²) in [6.07, 6.45) is 0. The largest absolute Gasteiger partial charge is 0.378 e. The van der Waals surface area contributed by atoms with Crippen molar-refractivity contribution < 1.29 is 19.2 Å². The van der Waals surface area contributed by atoms with Gasteiger partial charge in [-0.1, -0.05) is 0 Å². The highest BCUT2D eigenvalue weighted by Gasteiger charge is 2.23. The second kappa shape index (κ2) is 8.25. The lowest BCUT2D eigenvalue weighted by Gasteiger charge is -2.29. The van der Waals surface area contributed by atoms with Crippen LogP contribution in [0.15, 0.2) is 18.2 Å². The first-order chi connectivity index (χ1) is 11.5. The Morgan fingerprint density at radius 2 is 2.00 bits per heavy atom. The van der Waals surface area contributed by atoms with E-state index in [1.54, 1.807) is 13.0 Å². The summed E-state index contributed by atoms with van der Waals surface area (Å²) in [5.74, 6) is -0.999. The molecule has 0 aromatic heterocycles. The fourth-order valence-corrected chi connectivity index (χ4v) is 2.40. The van der Waals surface area contributed by atoms with E-state index in [9.17, 15) is 19.7 Å². The number of nitro benzene ring substituents is 1. The molecule has 1 fully saturated rings. The van der Waals surface area contributed by atoms with Crippen molar-refractivity contribution in [1.82, 2.24) is 10.6 Å². The zero-order valence-electron chi connectivity index (χ0n) is 13.4. The monoisotopic (exact) mass is 336 g/mol. The molecule has 1 aliphatic rings. The van der Waals surface area contributed by atoms with Crippen LogP contribution in [-0.2, 0) is 9.53 Å². The van der Waals surface area contributed by atoms with Gasteiger partial charge in [0.15, 0.2) is 0 Å². The van der Waals surface area contributed by atoms with Gasteiger partial charge >= 0.3 is 0 Å². The average molecular weight is 336 g/mol. The normalized spacial score (nSPS) is 14.1. The van der Waals surface area contributed by atoms with Gasteiger partial charge in [0.1, 0.15) is 5.56 Å². The Morgan fingerprint density at radius 1 is 1.29 bits per heavy atom. The van der Waals surface area contributed by atoms with Crippen LogP contribution in [0.25, 0.3) is 0 Å². The molecule has 0 saturated carbocycles. The molecule has 0 atom stereocenters. The smallest absolute Gasteiger partial charge is 0.282 e. The molecule has 130 valence electrons. The molecule has 2 amide bonds. The number of morpholine rings is 1. The Bertz CT molecular complexity index is 628. The summed E-state index contributed by atoms with van der Waals surface area (Å²) in [5, 5.41) is 16.1. The Labute approximate surface area is 139 Å². The molecule has 9 nitrogen and oxygen atoms in total. The molecule has 24 heavy (non-hydrogen) atoms. The number of anilines is 1. The molecule has 2 N–H and O–H groups in total. The zero-order chi connectivity index (χ0) is 17.5. The van der Waals surface area contributed by atoms with Crippen LogP contribution in [0.3, 0.4) is 0 Å². The molecule has 2 rings (SSSR count). The van der Waals surface area contributed by atoms with Gasteiger partial charge in [0.25, 0.3) is 11.6 Å². The third-order valence-corrected chi connectivity index (χ3v) is 3.58. The predicted octanol–water partition coefficient (Wildman–Crippen LogP) is 0.297. The maximum atomic E-state index is 12.3. The number of amides is 2. The summed E-state index contributed by atoms with van der Waals surface area (Å²) >= 11 is 0. The zero-order valence-corrected chi connectivity index (χ0v) is 13.4. The first-order valence-corrected chi connectivity index (χ1v) is 7.69. The van der Waals surface area contributed by atoms with Crippen molar-refractivity contribution in [3.8, 4) is 0 Å². The summed E-state index contributed by atoms with van der Waals surface area (Å²) in [6.45, 7) is 4.41. The van der Waals surface area contributed by atoms with Crippen molar-refractivity contribution in [2.24, 2.45) is 0 Å². The number of rotatable bonds is 6. The van der Waals surface area contributed by atoms with E-state index in [4.69, 9.17) is 4.74 Å². The topological polar surface area (TPSA) is 114 Å². The van der Waals surface area contributed by atoms with Gasteiger partial charge in [-0.05, 0) is 19.1 Å². The Morgan fingerprint density at radius 3 is 2.62 bits per heavy atom. The lowest BCUT2D eigenvalue weighted by molar-refractivity contribution is -0.385. The third-order valence-electron chi connectivity index (χ3n) is 3.58. The van der Waals surface area contributed by atoms with Crippen LogP contribution in [0, 0.1) is 10.1 Å². The number of hydrogen-bond acceptors (Lipinski definition) is 6. The summed E-state index contributed by atoms with van der Waals surface area (Å²) < 4.78 is 5.28. The highest BCUT2D eigenvalue weighted by atomic mass is 16.6. The van der Waals surface area contributed by atoms with Crippen molar-refractivity contribution >= 4 is 23.2 Å². The minimum atomic E-state index is -0.650. The number of ether oxygens (including phenoxy) is 1. The number of benzene rings is 1. The number of carbonyl (C=O) groups is 2. The molecule has 1 aromatic carbocycles. The van der Waals surface area contributed by atoms with Gasteiger partial charge in [0.2, 0.25) is 5.91 Å². The summed E-state index contributed by atoms with van der Waals surface area (Å²) in [6, 6.07) is 4.41. The van der Waals surface area contributed by atoms with Crippen molar-refractivity contribution in [2.75, 3.05) is 44.3 Å². The lowest BCUT2D eigenvalue weighted by Crippen LogP contribution is -2.38. The minimum Gasteiger partial charge on any atom is -0.378 e. The molecule has 9 heteroatoms. The second-order valence-electron chi connectivity index (χ2n) is 5.19. The quantitative estimate of drug-likeness (QED) is 0.570. The number of carbonyl (C=O) groups excluding carboxylic acids is 2. The van der Waals surface area contributed by atoms with Crippen LogP contribution in [0.5, 0.6) is 0 Å². The van der Waals surface area contributed by atoms with E-state index >= 15 is 0 Å². The number of nitro groups is 1. The van der Waals surface area contributed by atoms with Crippen molar-refractivity contribution in [3.63, 3.8) is 0 Å². The number of nitrogens with zero attached hydrogens (tertiary/aromatic N) is 2. The summed E-state index contributed by atoms with van der Waals surface area (Å²) in [5.41, 5.74) is 0.362. The van der Waals surface area contributed by atoms with Crippen LogP contribution >= 0.6 is 0 Å². The number of hydrogen-bond donors (Lipinski definition) is 2. The van der Waals surface area contributed by atoms with Gasteiger partial charge in [-0.3, -0.25) is 19.7 Å². The molecule has 0 unspecified atom stereocenters. The first kappa shape index (κ1) is 17.7. The Hall–Kier alpha value is -2.68. The standard InChI is InChI=1S/C15H20N4O5/c1-2-16-14(20)10-17-15(21)12-9-11(3-4-13(12)19(22)23)18-5-7-24-8-6-18/h3-4,9H,2,5-8,10H2,1H3,(H,16,20)(H,17,21). The predicted molar refractivity (Wildman–Crippen MR) is 87.1 cm³/mol. The molecule has 1 aliphatic heterocycles. The van der Waals surface area contributed by atoms with Gasteiger partial charge in [0, 0.05) is 31.4 Å². The van der Waals surface area contributed by atoms with Gasteiger partial charge in [-0.25, -0.2) is 0 Å². The maximum absolute atomic E-state index is 12.3. The molecular formula is C15H20N4O5. The second-order valence-corrected chi connectivity index (χ2v) is 5.19. The molecule has 1 heterocycles. The van der Waals surface area contributed by atoms with Crippen LogP contribution in [0.1, 0.15) is 17.3 Å². The first-order valence-electron chi connectivity index (χ1n) is 7.69. The van der Waals surface area contributed by atoms with E-state index in [1.165, 1.54) is 12.1 Å². The Balaban J connectivity index is 2.19. The highest BCUT2D eigenvalue weighted by Crippen LogP contribution is 2.25. The molecule has 0 radical (unpaired) electrons. The SMILES string of the molecule is CCNC(=O)CNC(=O)c1cc(N2CCOCC2)ccc1[N+](=O)[O-]. The van der Waals surface area contributed by atoms with E-state index in [-0.39, 0.29) is 23.7 Å². The van der Waals surface area contributed by atoms with E-state index < -0.39 is 10.8 Å². The van der Waals surface area contributed by atoms with E-state index in [0.29, 0.717) is 38.5 Å². The van der Waals surface area contributed by atoms with Crippen LogP contribution in [0.2, 0.25) is 0 Å². The molecule has 1 saturated heterocycles. The van der Waals surface area contributed by atoms with Crippen molar-refractivity contribution in [3.05, 3.63) is 33.9 Å². The van der Waals surface area contributed by atoms with E-state index in [2.05, 4.69) is 10.6 Å². The van der Waals surface area contributed by atoms with Crippen molar-refractivity contribution in [1.29, 1.82) is 0 Å². The van der Waals surface area contributed by atoms with E-state index in [1.807, 2.05) is 4.90 Å². The van der Waals surface area contributed by atoms with Crippen LogP contribution in [-0.4, -0.2) is 56.1 Å². The fraction of sp³-hybridized carbons (Fsp3) is 0.467.